The van der Waals surface area contributed by atoms with E-state index in [1.54, 1.807) is 6.92 Å². The van der Waals surface area contributed by atoms with Crippen molar-refractivity contribution < 1.29 is 22.7 Å². The maximum Gasteiger partial charge on any atom is 0.299 e. The third-order valence-electron chi connectivity index (χ3n) is 5.92. The molecule has 1 heterocycles. The van der Waals surface area contributed by atoms with Crippen molar-refractivity contribution in [1.29, 1.82) is 0 Å². The molecule has 0 aliphatic rings. The number of anilines is 2. The van der Waals surface area contributed by atoms with E-state index in [1.807, 2.05) is 13.0 Å². The first-order valence-corrected chi connectivity index (χ1v) is 13.6. The molecule has 0 saturated heterocycles. The van der Waals surface area contributed by atoms with Crippen molar-refractivity contribution in [2.45, 2.75) is 59.9 Å². The molecule has 0 radical (unpaired) electrons. The highest BCUT2D eigenvalue weighted by atomic mass is 32.2. The van der Waals surface area contributed by atoms with Crippen molar-refractivity contribution >= 4 is 21.7 Å². The number of nitrogens with zero attached hydrogens (tertiary/aromatic N) is 2. The lowest BCUT2D eigenvalue weighted by Crippen LogP contribution is -2.38. The van der Waals surface area contributed by atoms with Crippen LogP contribution in [0.4, 0.5) is 15.9 Å². The molecule has 0 aliphatic heterocycles. The number of aryl methyl sites for hydroxylation is 1. The Balaban J connectivity index is 2.18. The monoisotopic (exact) mass is 522 g/mol. The van der Waals surface area contributed by atoms with Gasteiger partial charge in [0, 0.05) is 31.4 Å². The van der Waals surface area contributed by atoms with E-state index in [1.165, 1.54) is 6.07 Å². The summed E-state index contributed by atoms with van der Waals surface area (Å²) in [5, 5.41) is 18.9. The fourth-order valence-corrected chi connectivity index (χ4v) is 4.63. The molecule has 2 aromatic rings. The van der Waals surface area contributed by atoms with E-state index in [-0.39, 0.29) is 19.0 Å². The Morgan fingerprint density at radius 3 is 2.56 bits per heavy atom. The van der Waals surface area contributed by atoms with Crippen LogP contribution in [0.1, 0.15) is 63.3 Å². The summed E-state index contributed by atoms with van der Waals surface area (Å²) in [5.41, 5.74) is 2.33. The SMILES string of the molecule is C=C(C)CN(c1c(O)cc(CNc2cc(C)cc(C(C)C(C)CCOCCC)n2)cc1F)S(N)(=O)=O. The Kier molecular flexibility index (Phi) is 10.7. The van der Waals surface area contributed by atoms with Gasteiger partial charge in [0.15, 0.2) is 5.82 Å². The number of hydrogen-bond donors (Lipinski definition) is 3. The van der Waals surface area contributed by atoms with Gasteiger partial charge >= 0.3 is 0 Å². The van der Waals surface area contributed by atoms with Gasteiger partial charge < -0.3 is 15.2 Å². The number of rotatable bonds is 14. The Morgan fingerprint density at radius 1 is 1.28 bits per heavy atom. The molecular formula is C26H39FN4O4S. The van der Waals surface area contributed by atoms with Gasteiger partial charge in [-0.2, -0.15) is 8.42 Å². The molecule has 0 aliphatic carbocycles. The van der Waals surface area contributed by atoms with Gasteiger partial charge in [-0.25, -0.2) is 18.8 Å². The molecule has 2 unspecified atom stereocenters. The lowest BCUT2D eigenvalue weighted by Gasteiger charge is -2.24. The van der Waals surface area contributed by atoms with Gasteiger partial charge in [-0.15, -0.1) is 0 Å². The van der Waals surface area contributed by atoms with E-state index in [4.69, 9.17) is 14.9 Å². The highest BCUT2D eigenvalue weighted by Crippen LogP contribution is 2.34. The molecular weight excluding hydrogens is 483 g/mol. The van der Waals surface area contributed by atoms with E-state index >= 15 is 0 Å². The molecule has 0 amide bonds. The predicted molar refractivity (Wildman–Crippen MR) is 143 cm³/mol. The third kappa shape index (κ3) is 8.46. The van der Waals surface area contributed by atoms with E-state index in [9.17, 15) is 17.9 Å². The van der Waals surface area contributed by atoms with Crippen LogP contribution in [-0.4, -0.2) is 38.3 Å². The van der Waals surface area contributed by atoms with Gasteiger partial charge in [0.25, 0.3) is 10.2 Å². The van der Waals surface area contributed by atoms with Crippen molar-refractivity contribution in [2.24, 2.45) is 11.1 Å². The van der Waals surface area contributed by atoms with Gasteiger partial charge in [0.05, 0.1) is 6.54 Å². The predicted octanol–water partition coefficient (Wildman–Crippen LogP) is 4.99. The number of aromatic hydroxyl groups is 1. The Hall–Kier alpha value is -2.69. The molecule has 0 saturated carbocycles. The summed E-state index contributed by atoms with van der Waals surface area (Å²) in [6.45, 7) is 15.0. The van der Waals surface area contributed by atoms with Crippen LogP contribution in [0.5, 0.6) is 5.75 Å². The Labute approximate surface area is 214 Å². The molecule has 1 aromatic heterocycles. The van der Waals surface area contributed by atoms with Crippen LogP contribution in [0.25, 0.3) is 0 Å². The topological polar surface area (TPSA) is 118 Å². The maximum atomic E-state index is 14.9. The Morgan fingerprint density at radius 2 is 1.97 bits per heavy atom. The summed E-state index contributed by atoms with van der Waals surface area (Å²) < 4.78 is 45.1. The normalized spacial score (nSPS) is 13.3. The molecule has 0 bridgehead atoms. The highest BCUT2D eigenvalue weighted by molar-refractivity contribution is 7.90. The van der Waals surface area contributed by atoms with Crippen molar-refractivity contribution in [3.8, 4) is 5.75 Å². The van der Waals surface area contributed by atoms with Crippen LogP contribution >= 0.6 is 0 Å². The minimum absolute atomic E-state index is 0.172. The Bertz CT molecular complexity index is 1130. The van der Waals surface area contributed by atoms with E-state index in [2.05, 4.69) is 38.7 Å². The minimum Gasteiger partial charge on any atom is -0.506 e. The quantitative estimate of drug-likeness (QED) is 0.238. The zero-order valence-electron chi connectivity index (χ0n) is 21.8. The zero-order chi connectivity index (χ0) is 27.0. The summed E-state index contributed by atoms with van der Waals surface area (Å²) >= 11 is 0. The van der Waals surface area contributed by atoms with Crippen LogP contribution in [0.15, 0.2) is 36.4 Å². The van der Waals surface area contributed by atoms with Gasteiger partial charge in [0.1, 0.15) is 17.3 Å². The van der Waals surface area contributed by atoms with E-state index in [0.717, 1.165) is 43.4 Å². The largest absolute Gasteiger partial charge is 0.506 e. The second-order valence-electron chi connectivity index (χ2n) is 9.43. The van der Waals surface area contributed by atoms with Gasteiger partial charge in [-0.05, 0) is 68.0 Å². The van der Waals surface area contributed by atoms with Gasteiger partial charge in [-0.3, -0.25) is 0 Å². The number of ether oxygens (including phenoxy) is 1. The van der Waals surface area contributed by atoms with Crippen molar-refractivity contribution in [3.63, 3.8) is 0 Å². The second-order valence-corrected chi connectivity index (χ2v) is 10.9. The first-order valence-electron chi connectivity index (χ1n) is 12.1. The number of phenolic OH excluding ortho intramolecular Hbond substituents is 1. The number of aromatic nitrogens is 1. The lowest BCUT2D eigenvalue weighted by molar-refractivity contribution is 0.119. The summed E-state index contributed by atoms with van der Waals surface area (Å²) in [4.78, 5) is 4.75. The summed E-state index contributed by atoms with van der Waals surface area (Å²) in [6, 6.07) is 6.42. The highest BCUT2D eigenvalue weighted by Gasteiger charge is 2.25. The van der Waals surface area contributed by atoms with Crippen LogP contribution in [-0.2, 0) is 21.5 Å². The summed E-state index contributed by atoms with van der Waals surface area (Å²) in [5.74, 6) is -0.221. The summed E-state index contributed by atoms with van der Waals surface area (Å²) in [6.07, 6.45) is 1.94. The van der Waals surface area contributed by atoms with Crippen LogP contribution in [0, 0.1) is 18.7 Å². The fourth-order valence-electron chi connectivity index (χ4n) is 3.80. The molecule has 2 atom stereocenters. The molecule has 4 N–H and O–H groups in total. The number of hydrogen-bond acceptors (Lipinski definition) is 6. The number of pyridine rings is 1. The third-order valence-corrected chi connectivity index (χ3v) is 6.85. The molecule has 200 valence electrons. The number of halogens is 1. The number of nitrogens with two attached hydrogens (primary N) is 1. The minimum atomic E-state index is -4.32. The second kappa shape index (κ2) is 13.0. The average Bonchev–Trinajstić information content (AvgIpc) is 2.77. The van der Waals surface area contributed by atoms with Crippen molar-refractivity contribution in [3.05, 3.63) is 59.1 Å². The van der Waals surface area contributed by atoms with Crippen LogP contribution in [0.3, 0.4) is 0 Å². The number of nitrogens with one attached hydrogen (secondary N) is 1. The lowest BCUT2D eigenvalue weighted by atomic mass is 9.89. The molecule has 0 spiro atoms. The van der Waals surface area contributed by atoms with Crippen LogP contribution < -0.4 is 14.8 Å². The van der Waals surface area contributed by atoms with E-state index < -0.39 is 27.5 Å². The fraction of sp³-hybridized carbons (Fsp3) is 0.500. The molecule has 1 aromatic carbocycles. The van der Waals surface area contributed by atoms with E-state index in [0.29, 0.717) is 27.2 Å². The molecule has 0 fully saturated rings. The molecule has 10 heteroatoms. The maximum absolute atomic E-state index is 14.9. The first-order chi connectivity index (χ1) is 16.8. The smallest absolute Gasteiger partial charge is 0.299 e. The van der Waals surface area contributed by atoms with Gasteiger partial charge in [0.2, 0.25) is 0 Å². The standard InChI is InChI=1S/C26H39FN4O4S/c1-7-9-35-10-8-19(5)20(6)23-11-18(4)12-25(30-23)29-15-21-13-22(27)26(24(32)14-21)31(16-17(2)3)36(28,33)34/h11-14,19-20,32H,2,7-10,15-16H2,1,3-6H3,(H,29,30)(H2,28,33,34). The molecule has 36 heavy (non-hydrogen) atoms. The molecule has 8 nitrogen and oxygen atoms in total. The van der Waals surface area contributed by atoms with Gasteiger partial charge in [-0.1, -0.05) is 32.9 Å². The van der Waals surface area contributed by atoms with Crippen molar-refractivity contribution in [2.75, 3.05) is 29.4 Å². The first kappa shape index (κ1) is 29.5. The van der Waals surface area contributed by atoms with Crippen LogP contribution in [0.2, 0.25) is 0 Å². The zero-order valence-corrected chi connectivity index (χ0v) is 22.7. The number of phenols is 1. The van der Waals surface area contributed by atoms with Crippen molar-refractivity contribution in [1.82, 2.24) is 4.98 Å². The number of benzene rings is 1. The average molecular weight is 523 g/mol. The summed E-state index contributed by atoms with van der Waals surface area (Å²) in [7, 11) is -4.32. The molecule has 2 rings (SSSR count).